The molecule has 0 heterocycles. The first-order chi connectivity index (χ1) is 14.0. The summed E-state index contributed by atoms with van der Waals surface area (Å²) in [6.45, 7) is 6.85. The summed E-state index contributed by atoms with van der Waals surface area (Å²) in [6.07, 6.45) is 28.1. The summed E-state index contributed by atoms with van der Waals surface area (Å²) in [5, 5.41) is 0. The summed E-state index contributed by atoms with van der Waals surface area (Å²) in [4.78, 5) is 0. The van der Waals surface area contributed by atoms with Gasteiger partial charge in [0.05, 0.1) is 0 Å². The predicted octanol–water partition coefficient (Wildman–Crippen LogP) is 10.4. The van der Waals surface area contributed by atoms with Gasteiger partial charge in [-0.15, -0.1) is 0 Å². The van der Waals surface area contributed by atoms with Gasteiger partial charge in [0.15, 0.2) is 0 Å². The van der Waals surface area contributed by atoms with Crippen LogP contribution < -0.4 is 5.50 Å². The molecule has 178 valence electrons. The van der Waals surface area contributed by atoms with Gasteiger partial charge < -0.3 is 0 Å². The van der Waals surface area contributed by atoms with E-state index in [2.05, 4.69) is 20.8 Å². The van der Waals surface area contributed by atoms with Crippen LogP contribution in [0, 0.1) is 0 Å². The van der Waals surface area contributed by atoms with Crippen molar-refractivity contribution in [2.75, 3.05) is 18.5 Å². The third-order valence-corrected chi connectivity index (χ3v) is 12.3. The molecule has 0 saturated heterocycles. The predicted molar refractivity (Wildman–Crippen MR) is 141 cm³/mol. The van der Waals surface area contributed by atoms with Crippen LogP contribution in [-0.4, -0.2) is 18.5 Å². The Hall–Kier alpha value is 0.680. The number of rotatable bonds is 23. The molecule has 0 saturated carbocycles. The van der Waals surface area contributed by atoms with Crippen molar-refractivity contribution in [1.29, 1.82) is 0 Å². The number of unbranched alkanes of at least 4 members (excludes halogenated alkanes) is 17. The fourth-order valence-electron chi connectivity index (χ4n) is 4.49. The Kier molecular flexibility index (Phi) is 19.8. The maximum atomic E-state index is 7.29. The molecule has 0 bridgehead atoms. The molecule has 1 nitrogen and oxygen atoms in total. The van der Waals surface area contributed by atoms with Crippen molar-refractivity contribution in [2.24, 2.45) is 5.50 Å². The van der Waals surface area contributed by atoms with Crippen LogP contribution >= 0.6 is 17.3 Å². The van der Waals surface area contributed by atoms with Gasteiger partial charge >= 0.3 is 177 Å². The SMILES string of the molecule is CCCCCCCCCCCCCCP(N)(Cl)(CCCCCC)CCCCCC. The third-order valence-electron chi connectivity index (χ3n) is 6.62. The standard InChI is InChI=1S/C26H57ClNP/c1-4-7-10-13-14-15-16-17-18-19-20-23-26-29(27,28,24-21-11-8-5-2)25-22-12-9-6-3/h4-26,28H2,1-3H3. The first-order valence-electron chi connectivity index (χ1n) is 13.5. The molecule has 0 amide bonds. The van der Waals surface area contributed by atoms with Crippen LogP contribution in [0.1, 0.15) is 149 Å². The van der Waals surface area contributed by atoms with E-state index in [1.54, 1.807) is 0 Å². The van der Waals surface area contributed by atoms with Crippen molar-refractivity contribution in [2.45, 2.75) is 149 Å². The van der Waals surface area contributed by atoms with Gasteiger partial charge in [0.1, 0.15) is 0 Å². The van der Waals surface area contributed by atoms with Gasteiger partial charge in [-0.3, -0.25) is 0 Å². The summed E-state index contributed by atoms with van der Waals surface area (Å²) in [5.74, 6) is 0. The normalized spacial score (nSPS) is 13.5. The van der Waals surface area contributed by atoms with Crippen LogP contribution in [0.25, 0.3) is 0 Å². The van der Waals surface area contributed by atoms with Crippen molar-refractivity contribution < 1.29 is 0 Å². The first-order valence-corrected chi connectivity index (χ1v) is 17.3. The van der Waals surface area contributed by atoms with E-state index in [4.69, 9.17) is 16.7 Å². The quantitative estimate of drug-likeness (QED) is 0.122. The third kappa shape index (κ3) is 19.1. The van der Waals surface area contributed by atoms with Crippen molar-refractivity contribution >= 4 is 17.3 Å². The fourth-order valence-corrected chi connectivity index (χ4v) is 9.15. The van der Waals surface area contributed by atoms with Gasteiger partial charge in [0, 0.05) is 0 Å². The molecule has 0 unspecified atom stereocenters. The second kappa shape index (κ2) is 19.4. The second-order valence-electron chi connectivity index (χ2n) is 9.86. The molecule has 0 aromatic heterocycles. The number of hydrogen-bond donors (Lipinski definition) is 1. The molecule has 3 heteroatoms. The first kappa shape index (κ1) is 29.7. The molecule has 2 N–H and O–H groups in total. The molecule has 0 aromatic carbocycles. The van der Waals surface area contributed by atoms with Gasteiger partial charge in [-0.25, -0.2) is 0 Å². The Morgan fingerprint density at radius 2 is 0.621 bits per heavy atom. The number of nitrogens with two attached hydrogens (primary N) is 1. The molecule has 0 fully saturated rings. The molecule has 0 rings (SSSR count). The minimum absolute atomic E-state index is 1.12. The second-order valence-corrected chi connectivity index (χ2v) is 17.3. The monoisotopic (exact) mass is 449 g/mol. The zero-order chi connectivity index (χ0) is 21.7. The van der Waals surface area contributed by atoms with Crippen molar-refractivity contribution in [3.8, 4) is 0 Å². The summed E-state index contributed by atoms with van der Waals surface area (Å²) in [7, 11) is 0. The maximum absolute atomic E-state index is 7.29. The van der Waals surface area contributed by atoms with Crippen LogP contribution in [0.15, 0.2) is 0 Å². The van der Waals surface area contributed by atoms with E-state index in [0.29, 0.717) is 0 Å². The molecule has 0 atom stereocenters. The molecular weight excluding hydrogens is 393 g/mol. The molecule has 0 aliphatic rings. The average molecular weight is 450 g/mol. The van der Waals surface area contributed by atoms with E-state index in [1.807, 2.05) is 0 Å². The summed E-state index contributed by atoms with van der Waals surface area (Å²) in [5.41, 5.74) is 7.03. The van der Waals surface area contributed by atoms with Crippen LogP contribution in [0.5, 0.6) is 0 Å². The van der Waals surface area contributed by atoms with E-state index in [0.717, 1.165) is 18.5 Å². The van der Waals surface area contributed by atoms with Crippen molar-refractivity contribution in [1.82, 2.24) is 0 Å². The summed E-state index contributed by atoms with van der Waals surface area (Å²) in [6, 6.07) is 0. The Morgan fingerprint density at radius 1 is 0.414 bits per heavy atom. The van der Waals surface area contributed by atoms with Crippen LogP contribution in [-0.2, 0) is 0 Å². The zero-order valence-electron chi connectivity index (χ0n) is 20.7. The molecule has 0 aliphatic carbocycles. The zero-order valence-corrected chi connectivity index (χ0v) is 22.3. The van der Waals surface area contributed by atoms with E-state index in [1.165, 1.54) is 128 Å². The Morgan fingerprint density at radius 3 is 0.897 bits per heavy atom. The van der Waals surface area contributed by atoms with Crippen LogP contribution in [0.3, 0.4) is 0 Å². The Balaban J connectivity index is 3.96. The van der Waals surface area contributed by atoms with E-state index in [-0.39, 0.29) is 0 Å². The minimum atomic E-state index is -2.46. The molecular formula is C26H57ClNP. The molecule has 0 radical (unpaired) electrons. The van der Waals surface area contributed by atoms with Crippen LogP contribution in [0.2, 0.25) is 0 Å². The molecule has 29 heavy (non-hydrogen) atoms. The van der Waals surface area contributed by atoms with Crippen molar-refractivity contribution in [3.63, 3.8) is 0 Å². The number of hydrogen-bond acceptors (Lipinski definition) is 1. The molecule has 0 aliphatic heterocycles. The van der Waals surface area contributed by atoms with Crippen molar-refractivity contribution in [3.05, 3.63) is 0 Å². The fraction of sp³-hybridized carbons (Fsp3) is 1.00. The summed E-state index contributed by atoms with van der Waals surface area (Å²) >= 11 is 7.29. The van der Waals surface area contributed by atoms with E-state index >= 15 is 0 Å². The van der Waals surface area contributed by atoms with Gasteiger partial charge in [-0.1, -0.05) is 13.3 Å². The summed E-state index contributed by atoms with van der Waals surface area (Å²) < 4.78 is 0. The van der Waals surface area contributed by atoms with E-state index in [9.17, 15) is 0 Å². The average Bonchev–Trinajstić information content (AvgIpc) is 2.70. The van der Waals surface area contributed by atoms with Gasteiger partial charge in [-0.05, 0) is 0 Å². The topological polar surface area (TPSA) is 26.0 Å². The van der Waals surface area contributed by atoms with E-state index < -0.39 is 6.11 Å². The molecule has 0 spiro atoms. The van der Waals surface area contributed by atoms with Gasteiger partial charge in [0.25, 0.3) is 0 Å². The number of halogens is 1. The molecule has 0 aromatic rings. The Bertz CT molecular complexity index is 330. The van der Waals surface area contributed by atoms with Gasteiger partial charge in [-0.2, -0.15) is 0 Å². The van der Waals surface area contributed by atoms with Gasteiger partial charge in [0.2, 0.25) is 0 Å². The van der Waals surface area contributed by atoms with Crippen LogP contribution in [0.4, 0.5) is 0 Å². The Labute approximate surface area is 190 Å².